The summed E-state index contributed by atoms with van der Waals surface area (Å²) in [4.78, 5) is 25.2. The van der Waals surface area contributed by atoms with E-state index in [0.29, 0.717) is 43.9 Å². The Bertz CT molecular complexity index is 1250. The Hall–Kier alpha value is -3.33. The average molecular weight is 563 g/mol. The number of sulfone groups is 1. The second-order valence-corrected chi connectivity index (χ2v) is 10.9. The standard InChI is InChI=1S/C23H29F3N4O7S/c1-35-9-4-8-30-21(28-19(31)13-38(2,33)34)20-18(29-30)11-15(27-22(20)32)7-10-36-16-5-3-6-17(12-16)37-14-23(24,25)26/h3,5-6,12,15H,4,7-11,13-14H2,1-2H3,(H,27,32)(H,28,31)/t15-/m0/s1. The Kier molecular flexibility index (Phi) is 9.60. The monoisotopic (exact) mass is 562 g/mol. The number of nitrogens with zero attached hydrogens (tertiary/aromatic N) is 2. The van der Waals surface area contributed by atoms with Gasteiger partial charge in [0.1, 0.15) is 28.6 Å². The minimum atomic E-state index is -4.46. The lowest BCUT2D eigenvalue weighted by molar-refractivity contribution is -0.153. The van der Waals surface area contributed by atoms with Gasteiger partial charge in [-0.1, -0.05) is 6.07 Å². The molecular formula is C23H29F3N4O7S. The maximum Gasteiger partial charge on any atom is 0.422 e. The summed E-state index contributed by atoms with van der Waals surface area (Å²) in [5.41, 5.74) is 0.601. The summed E-state index contributed by atoms with van der Waals surface area (Å²) in [7, 11) is -2.05. The number of carbonyl (C=O) groups excluding carboxylic acids is 2. The highest BCUT2D eigenvalue weighted by atomic mass is 32.2. The normalized spacial score (nSPS) is 15.5. The number of alkyl halides is 3. The van der Waals surface area contributed by atoms with Crippen LogP contribution in [0.15, 0.2) is 24.3 Å². The molecule has 1 aromatic carbocycles. The van der Waals surface area contributed by atoms with Crippen molar-refractivity contribution in [3.8, 4) is 11.5 Å². The van der Waals surface area contributed by atoms with E-state index in [1.54, 1.807) is 6.07 Å². The fourth-order valence-corrected chi connectivity index (χ4v) is 4.35. The zero-order valence-corrected chi connectivity index (χ0v) is 21.7. The van der Waals surface area contributed by atoms with E-state index in [2.05, 4.69) is 15.7 Å². The highest BCUT2D eigenvalue weighted by molar-refractivity contribution is 7.91. The number of carbonyl (C=O) groups is 2. The first-order valence-electron chi connectivity index (χ1n) is 11.6. The van der Waals surface area contributed by atoms with Crippen LogP contribution in [0.4, 0.5) is 19.0 Å². The van der Waals surface area contributed by atoms with Gasteiger partial charge in [-0.25, -0.2) is 13.1 Å². The van der Waals surface area contributed by atoms with Crippen LogP contribution in [0.3, 0.4) is 0 Å². The van der Waals surface area contributed by atoms with Crippen molar-refractivity contribution in [1.29, 1.82) is 0 Å². The Morgan fingerprint density at radius 1 is 1.24 bits per heavy atom. The van der Waals surface area contributed by atoms with E-state index in [1.807, 2.05) is 0 Å². The zero-order chi connectivity index (χ0) is 27.9. The first-order chi connectivity index (χ1) is 17.8. The number of benzene rings is 1. The van der Waals surface area contributed by atoms with E-state index in [0.717, 1.165) is 6.26 Å². The van der Waals surface area contributed by atoms with Crippen molar-refractivity contribution in [1.82, 2.24) is 15.1 Å². The van der Waals surface area contributed by atoms with Gasteiger partial charge >= 0.3 is 6.18 Å². The van der Waals surface area contributed by atoms with Gasteiger partial charge in [0, 0.05) is 51.5 Å². The Morgan fingerprint density at radius 3 is 2.61 bits per heavy atom. The van der Waals surface area contributed by atoms with Crippen molar-refractivity contribution in [2.75, 3.05) is 44.3 Å². The van der Waals surface area contributed by atoms with E-state index < -0.39 is 40.2 Å². The largest absolute Gasteiger partial charge is 0.493 e. The number of fused-ring (bicyclic) bond motifs is 1. The van der Waals surface area contributed by atoms with Crippen LogP contribution in [0.1, 0.15) is 28.9 Å². The predicted molar refractivity (Wildman–Crippen MR) is 130 cm³/mol. The molecule has 1 aliphatic heterocycles. The van der Waals surface area contributed by atoms with Crippen molar-refractivity contribution in [2.45, 2.75) is 38.0 Å². The third-order valence-electron chi connectivity index (χ3n) is 5.34. The summed E-state index contributed by atoms with van der Waals surface area (Å²) in [6.45, 7) is -0.532. The Morgan fingerprint density at radius 2 is 1.95 bits per heavy atom. The number of hydrogen-bond acceptors (Lipinski definition) is 8. The molecule has 3 rings (SSSR count). The fraction of sp³-hybridized carbons (Fsp3) is 0.522. The maximum atomic E-state index is 12.9. The molecule has 0 saturated carbocycles. The van der Waals surface area contributed by atoms with Crippen LogP contribution in [0.5, 0.6) is 11.5 Å². The molecule has 2 amide bonds. The highest BCUT2D eigenvalue weighted by Crippen LogP contribution is 2.27. The third-order valence-corrected chi connectivity index (χ3v) is 6.13. The summed E-state index contributed by atoms with van der Waals surface area (Å²) in [6, 6.07) is 5.45. The van der Waals surface area contributed by atoms with Crippen LogP contribution in [0, 0.1) is 0 Å². The van der Waals surface area contributed by atoms with Gasteiger partial charge in [0.25, 0.3) is 5.91 Å². The topological polar surface area (TPSA) is 138 Å². The predicted octanol–water partition coefficient (Wildman–Crippen LogP) is 1.97. The molecule has 15 heteroatoms. The third kappa shape index (κ3) is 8.90. The molecule has 0 aliphatic carbocycles. The molecule has 2 aromatic rings. The molecule has 0 radical (unpaired) electrons. The lowest BCUT2D eigenvalue weighted by atomic mass is 9.99. The van der Waals surface area contributed by atoms with Gasteiger partial charge in [-0.05, 0) is 18.6 Å². The van der Waals surface area contributed by atoms with Crippen molar-refractivity contribution in [2.24, 2.45) is 0 Å². The summed E-state index contributed by atoms with van der Waals surface area (Å²) >= 11 is 0. The Balaban J connectivity index is 1.65. The van der Waals surface area contributed by atoms with Gasteiger partial charge in [-0.3, -0.25) is 9.59 Å². The minimum Gasteiger partial charge on any atom is -0.493 e. The number of aryl methyl sites for hydroxylation is 1. The molecule has 1 aromatic heterocycles. The second kappa shape index (κ2) is 12.5. The molecule has 0 unspecified atom stereocenters. The molecule has 1 atom stereocenters. The van der Waals surface area contributed by atoms with Crippen LogP contribution in [-0.4, -0.2) is 81.2 Å². The Labute approximate surface area is 217 Å². The molecule has 0 spiro atoms. The number of ether oxygens (including phenoxy) is 3. The van der Waals surface area contributed by atoms with E-state index in [1.165, 1.54) is 30.0 Å². The number of methoxy groups -OCH3 is 1. The van der Waals surface area contributed by atoms with Crippen LogP contribution in [-0.2, 0) is 32.3 Å². The number of halogens is 3. The second-order valence-electron chi connectivity index (χ2n) is 8.75. The maximum absolute atomic E-state index is 12.9. The molecule has 0 bridgehead atoms. The first kappa shape index (κ1) is 29.2. The lowest BCUT2D eigenvalue weighted by Gasteiger charge is -2.23. The van der Waals surface area contributed by atoms with E-state index in [9.17, 15) is 31.2 Å². The number of aromatic nitrogens is 2. The summed E-state index contributed by atoms with van der Waals surface area (Å²) in [6.07, 6.45) is -2.29. The molecule has 210 valence electrons. The molecule has 1 aliphatic rings. The van der Waals surface area contributed by atoms with Gasteiger partial charge < -0.3 is 24.8 Å². The van der Waals surface area contributed by atoms with Crippen molar-refractivity contribution in [3.05, 3.63) is 35.5 Å². The van der Waals surface area contributed by atoms with Gasteiger partial charge in [-0.2, -0.15) is 18.3 Å². The first-order valence-corrected chi connectivity index (χ1v) is 13.7. The number of amides is 2. The van der Waals surface area contributed by atoms with Crippen molar-refractivity contribution >= 4 is 27.5 Å². The fourth-order valence-electron chi connectivity index (χ4n) is 3.80. The molecule has 0 fully saturated rings. The highest BCUT2D eigenvalue weighted by Gasteiger charge is 2.32. The number of nitrogens with one attached hydrogen (secondary N) is 2. The molecule has 2 N–H and O–H groups in total. The summed E-state index contributed by atoms with van der Waals surface area (Å²) in [5, 5.41) is 9.82. The zero-order valence-electron chi connectivity index (χ0n) is 20.8. The van der Waals surface area contributed by atoms with Gasteiger partial charge in [-0.15, -0.1) is 0 Å². The van der Waals surface area contributed by atoms with Crippen molar-refractivity contribution in [3.63, 3.8) is 0 Å². The number of anilines is 1. The molecule has 11 nitrogen and oxygen atoms in total. The molecule has 38 heavy (non-hydrogen) atoms. The van der Waals surface area contributed by atoms with Gasteiger partial charge in [0.15, 0.2) is 16.4 Å². The smallest absolute Gasteiger partial charge is 0.422 e. The molecule has 2 heterocycles. The number of hydrogen-bond donors (Lipinski definition) is 2. The quantitative estimate of drug-likeness (QED) is 0.354. The van der Waals surface area contributed by atoms with Gasteiger partial charge in [0.05, 0.1) is 12.3 Å². The minimum absolute atomic E-state index is 0.0138. The van der Waals surface area contributed by atoms with E-state index in [-0.39, 0.29) is 29.8 Å². The SMILES string of the molecule is COCCCn1nc2c(c1NC(=O)CS(C)(=O)=O)C(=O)N[C@@H](CCOc1cccc(OCC(F)(F)F)c1)C2. The van der Waals surface area contributed by atoms with E-state index >= 15 is 0 Å². The summed E-state index contributed by atoms with van der Waals surface area (Å²) < 4.78 is 77.0. The van der Waals surface area contributed by atoms with Crippen LogP contribution in [0.25, 0.3) is 0 Å². The van der Waals surface area contributed by atoms with Crippen LogP contribution < -0.4 is 20.1 Å². The lowest BCUT2D eigenvalue weighted by Crippen LogP contribution is -2.42. The van der Waals surface area contributed by atoms with Crippen LogP contribution >= 0.6 is 0 Å². The van der Waals surface area contributed by atoms with Crippen LogP contribution in [0.2, 0.25) is 0 Å². The molecule has 0 saturated heterocycles. The average Bonchev–Trinajstić information content (AvgIpc) is 3.14. The summed E-state index contributed by atoms with van der Waals surface area (Å²) in [5.74, 6) is -1.56. The van der Waals surface area contributed by atoms with Gasteiger partial charge in [0.2, 0.25) is 5.91 Å². The van der Waals surface area contributed by atoms with Crippen molar-refractivity contribution < 1.29 is 45.4 Å². The number of rotatable bonds is 13. The molecular weight excluding hydrogens is 533 g/mol. The van der Waals surface area contributed by atoms with E-state index in [4.69, 9.17) is 14.2 Å².